The molecular weight excluding hydrogens is 338 g/mol. The van der Waals surface area contributed by atoms with E-state index in [1.165, 1.54) is 5.56 Å². The molecule has 2 aromatic rings. The third-order valence-electron chi connectivity index (χ3n) is 4.97. The number of anilines is 1. The number of nitrogens with two attached hydrogens (primary N) is 1. The van der Waals surface area contributed by atoms with Gasteiger partial charge in [-0.2, -0.15) is 0 Å². The van der Waals surface area contributed by atoms with Crippen LogP contribution in [0.15, 0.2) is 42.5 Å². The van der Waals surface area contributed by atoms with Crippen molar-refractivity contribution in [3.63, 3.8) is 0 Å². The molecule has 0 radical (unpaired) electrons. The Morgan fingerprint density at radius 1 is 1.22 bits per heavy atom. The Labute approximate surface area is 161 Å². The molecule has 27 heavy (non-hydrogen) atoms. The van der Waals surface area contributed by atoms with Gasteiger partial charge < -0.3 is 10.7 Å². The van der Waals surface area contributed by atoms with Gasteiger partial charge >= 0.3 is 0 Å². The summed E-state index contributed by atoms with van der Waals surface area (Å²) in [6.45, 7) is 5.05. The maximum absolute atomic E-state index is 12.7. The minimum absolute atomic E-state index is 0.0484. The summed E-state index contributed by atoms with van der Waals surface area (Å²) in [5, 5.41) is 3.18. The largest absolute Gasteiger partial charge is 0.349 e. The summed E-state index contributed by atoms with van der Waals surface area (Å²) in [7, 11) is 0. The van der Waals surface area contributed by atoms with Crippen LogP contribution in [0.25, 0.3) is 0 Å². The van der Waals surface area contributed by atoms with Gasteiger partial charge in [0.2, 0.25) is 0 Å². The smallest absolute Gasteiger partial charge is 0.251 e. The molecule has 2 heterocycles. The maximum atomic E-state index is 12.7. The lowest BCUT2D eigenvalue weighted by Crippen LogP contribution is -2.44. The number of hydrogen-bond acceptors (Lipinski definition) is 5. The first-order valence-electron chi connectivity index (χ1n) is 9.72. The number of carbonyl (C=O) groups excluding carboxylic acids is 1. The number of hydrogen-bond donors (Lipinski definition) is 3. The first kappa shape index (κ1) is 19.3. The zero-order valence-electron chi connectivity index (χ0n) is 15.9. The van der Waals surface area contributed by atoms with Gasteiger partial charge in [-0.3, -0.25) is 9.69 Å². The number of benzene rings is 1. The molecule has 1 saturated heterocycles. The second-order valence-corrected chi connectivity index (χ2v) is 7.14. The number of aromatic nitrogens is 1. The number of aryl methyl sites for hydroxylation is 1. The normalized spacial score (nSPS) is 15.5. The van der Waals surface area contributed by atoms with Crippen molar-refractivity contribution in [3.05, 3.63) is 59.3 Å². The van der Waals surface area contributed by atoms with Crippen molar-refractivity contribution in [3.8, 4) is 0 Å². The highest BCUT2D eigenvalue weighted by Gasteiger charge is 2.21. The number of likely N-dealkylation sites (tertiary alicyclic amines) is 1. The van der Waals surface area contributed by atoms with Crippen molar-refractivity contribution in [2.24, 2.45) is 5.84 Å². The standard InChI is InChI=1S/C21H29N5O/c1-2-6-19-13-17(14-20(23-19)25-22)21(27)24-18-9-11-26(12-10-18)15-16-7-4-3-5-8-16/h3-5,7-8,13-14,18H,2,6,9-12,15,22H2,1H3,(H,23,25)(H,24,27). The first-order valence-corrected chi connectivity index (χ1v) is 9.72. The molecule has 1 amide bonds. The molecule has 0 spiro atoms. The molecule has 1 fully saturated rings. The summed E-state index contributed by atoms with van der Waals surface area (Å²) in [6.07, 6.45) is 3.73. The van der Waals surface area contributed by atoms with Gasteiger partial charge in [0.1, 0.15) is 5.82 Å². The van der Waals surface area contributed by atoms with Crippen LogP contribution < -0.4 is 16.6 Å². The van der Waals surface area contributed by atoms with E-state index in [1.807, 2.05) is 12.1 Å². The molecule has 0 aliphatic carbocycles. The van der Waals surface area contributed by atoms with Crippen molar-refractivity contribution in [1.82, 2.24) is 15.2 Å². The lowest BCUT2D eigenvalue weighted by atomic mass is 10.0. The van der Waals surface area contributed by atoms with E-state index in [0.717, 1.165) is 51.0 Å². The van der Waals surface area contributed by atoms with E-state index in [0.29, 0.717) is 11.4 Å². The van der Waals surface area contributed by atoms with Gasteiger partial charge in [0.15, 0.2) is 0 Å². The van der Waals surface area contributed by atoms with Gasteiger partial charge in [0, 0.05) is 36.9 Å². The Morgan fingerprint density at radius 3 is 2.63 bits per heavy atom. The quantitative estimate of drug-likeness (QED) is 0.518. The summed E-state index contributed by atoms with van der Waals surface area (Å²) in [5.41, 5.74) is 5.39. The molecule has 6 nitrogen and oxygen atoms in total. The number of amides is 1. The highest BCUT2D eigenvalue weighted by atomic mass is 16.1. The summed E-state index contributed by atoms with van der Waals surface area (Å²) in [6, 6.07) is 14.3. The Balaban J connectivity index is 1.54. The van der Waals surface area contributed by atoms with Crippen LogP contribution in [0.3, 0.4) is 0 Å². The molecule has 0 saturated carbocycles. The highest BCUT2D eigenvalue weighted by Crippen LogP contribution is 2.16. The van der Waals surface area contributed by atoms with Gasteiger partial charge in [0.25, 0.3) is 5.91 Å². The number of hydrazine groups is 1. The minimum atomic E-state index is -0.0484. The summed E-state index contributed by atoms with van der Waals surface area (Å²) in [4.78, 5) is 19.5. The summed E-state index contributed by atoms with van der Waals surface area (Å²) >= 11 is 0. The summed E-state index contributed by atoms with van der Waals surface area (Å²) < 4.78 is 0. The van der Waals surface area contributed by atoms with Crippen LogP contribution in [0.1, 0.15) is 47.8 Å². The molecule has 144 valence electrons. The highest BCUT2D eigenvalue weighted by molar-refractivity contribution is 5.95. The zero-order chi connectivity index (χ0) is 19.1. The molecule has 1 aromatic heterocycles. The van der Waals surface area contributed by atoms with Crippen molar-refractivity contribution in [1.29, 1.82) is 0 Å². The molecule has 1 aromatic carbocycles. The average Bonchev–Trinajstić information content (AvgIpc) is 2.70. The van der Waals surface area contributed by atoms with E-state index >= 15 is 0 Å². The fourth-order valence-electron chi connectivity index (χ4n) is 3.52. The predicted molar refractivity (Wildman–Crippen MR) is 108 cm³/mol. The van der Waals surface area contributed by atoms with E-state index in [-0.39, 0.29) is 11.9 Å². The van der Waals surface area contributed by atoms with E-state index in [9.17, 15) is 4.79 Å². The van der Waals surface area contributed by atoms with E-state index in [1.54, 1.807) is 6.07 Å². The van der Waals surface area contributed by atoms with Crippen LogP contribution in [0, 0.1) is 0 Å². The minimum Gasteiger partial charge on any atom is -0.349 e. The van der Waals surface area contributed by atoms with Crippen LogP contribution >= 0.6 is 0 Å². The molecule has 4 N–H and O–H groups in total. The number of nitrogens with zero attached hydrogens (tertiary/aromatic N) is 2. The number of piperidine rings is 1. The molecule has 0 bridgehead atoms. The Hall–Kier alpha value is -2.44. The van der Waals surface area contributed by atoms with Gasteiger partial charge in [-0.25, -0.2) is 10.8 Å². The van der Waals surface area contributed by atoms with Crippen LogP contribution in [0.5, 0.6) is 0 Å². The van der Waals surface area contributed by atoms with E-state index < -0.39 is 0 Å². The second kappa shape index (κ2) is 9.48. The van der Waals surface area contributed by atoms with Crippen molar-refractivity contribution < 1.29 is 4.79 Å². The van der Waals surface area contributed by atoms with Crippen LogP contribution in [0.2, 0.25) is 0 Å². The van der Waals surface area contributed by atoms with Gasteiger partial charge in [0.05, 0.1) is 0 Å². The lowest BCUT2D eigenvalue weighted by Gasteiger charge is -2.32. The Bertz CT molecular complexity index is 741. The summed E-state index contributed by atoms with van der Waals surface area (Å²) in [5.74, 6) is 5.98. The van der Waals surface area contributed by atoms with Crippen LogP contribution in [0.4, 0.5) is 5.82 Å². The SMILES string of the molecule is CCCc1cc(C(=O)NC2CCN(Cc3ccccc3)CC2)cc(NN)n1. The topological polar surface area (TPSA) is 83.3 Å². The molecular formula is C21H29N5O. The van der Waals surface area contributed by atoms with E-state index in [2.05, 4.69) is 51.8 Å². The number of carbonyl (C=O) groups is 1. The molecule has 0 unspecified atom stereocenters. The Kier molecular flexibility index (Phi) is 6.79. The second-order valence-electron chi connectivity index (χ2n) is 7.14. The molecule has 1 aliphatic rings. The first-order chi connectivity index (χ1) is 13.2. The molecule has 0 atom stereocenters. The fourth-order valence-corrected chi connectivity index (χ4v) is 3.52. The lowest BCUT2D eigenvalue weighted by molar-refractivity contribution is 0.0908. The van der Waals surface area contributed by atoms with Gasteiger partial charge in [-0.1, -0.05) is 43.7 Å². The molecule has 1 aliphatic heterocycles. The van der Waals surface area contributed by atoms with Gasteiger partial charge in [-0.05, 0) is 37.0 Å². The number of rotatable bonds is 7. The number of pyridine rings is 1. The zero-order valence-corrected chi connectivity index (χ0v) is 15.9. The third-order valence-corrected chi connectivity index (χ3v) is 4.97. The molecule has 6 heteroatoms. The number of nitrogen functional groups attached to an aromatic ring is 1. The van der Waals surface area contributed by atoms with E-state index in [4.69, 9.17) is 5.84 Å². The fraction of sp³-hybridized carbons (Fsp3) is 0.429. The van der Waals surface area contributed by atoms with Crippen molar-refractivity contribution in [2.75, 3.05) is 18.5 Å². The average molecular weight is 367 g/mol. The monoisotopic (exact) mass is 367 g/mol. The maximum Gasteiger partial charge on any atom is 0.251 e. The predicted octanol–water partition coefficient (Wildman–Crippen LogP) is 2.71. The molecule has 3 rings (SSSR count). The van der Waals surface area contributed by atoms with Crippen molar-refractivity contribution in [2.45, 2.75) is 45.2 Å². The van der Waals surface area contributed by atoms with Gasteiger partial charge in [-0.15, -0.1) is 0 Å². The van der Waals surface area contributed by atoms with Crippen molar-refractivity contribution >= 4 is 11.7 Å². The van der Waals surface area contributed by atoms with Crippen LogP contribution in [-0.4, -0.2) is 34.9 Å². The van der Waals surface area contributed by atoms with Crippen LogP contribution in [-0.2, 0) is 13.0 Å². The third kappa shape index (κ3) is 5.52. The Morgan fingerprint density at radius 2 is 1.96 bits per heavy atom. The number of nitrogens with one attached hydrogen (secondary N) is 2.